The van der Waals surface area contributed by atoms with Crippen LogP contribution in [0.15, 0.2) is 12.1 Å². The Bertz CT molecular complexity index is 520. The second-order valence-corrected chi connectivity index (χ2v) is 4.59. The molecule has 0 radical (unpaired) electrons. The molecule has 0 aromatic heterocycles. The first-order chi connectivity index (χ1) is 9.97. The molecule has 0 spiro atoms. The highest BCUT2D eigenvalue weighted by Gasteiger charge is 2.25. The minimum atomic E-state index is -1.38. The molecule has 0 bridgehead atoms. The van der Waals surface area contributed by atoms with Gasteiger partial charge < -0.3 is 4.74 Å². The average Bonchev–Trinajstić information content (AvgIpc) is 2.44. The van der Waals surface area contributed by atoms with Crippen molar-refractivity contribution in [3.05, 3.63) is 39.4 Å². The number of carbonyl (C=O) groups is 1. The van der Waals surface area contributed by atoms with Gasteiger partial charge in [-0.2, -0.15) is 4.39 Å². The Morgan fingerprint density at radius 2 is 1.90 bits per heavy atom. The van der Waals surface area contributed by atoms with Gasteiger partial charge in [-0.15, -0.1) is 0 Å². The first-order valence-electron chi connectivity index (χ1n) is 6.78. The van der Waals surface area contributed by atoms with Gasteiger partial charge in [0.25, 0.3) is 0 Å². The van der Waals surface area contributed by atoms with Crippen molar-refractivity contribution in [2.45, 2.75) is 39.0 Å². The van der Waals surface area contributed by atoms with Gasteiger partial charge in [0, 0.05) is 0 Å². The molecular weight excluding hydrogens is 284 g/mol. The first-order valence-corrected chi connectivity index (χ1v) is 6.78. The third-order valence-corrected chi connectivity index (χ3v) is 2.92. The molecule has 1 rings (SSSR count). The van der Waals surface area contributed by atoms with Crippen LogP contribution in [0.5, 0.6) is 0 Å². The molecule has 0 amide bonds. The van der Waals surface area contributed by atoms with Gasteiger partial charge in [-0.1, -0.05) is 32.6 Å². The maximum absolute atomic E-state index is 13.7. The van der Waals surface area contributed by atoms with Gasteiger partial charge in [-0.3, -0.25) is 10.1 Å². The first kappa shape index (κ1) is 17.0. The lowest BCUT2D eigenvalue weighted by molar-refractivity contribution is -0.387. The Kier molecular flexibility index (Phi) is 6.71. The number of ether oxygens (including phenoxy) is 1. The third kappa shape index (κ3) is 5.09. The summed E-state index contributed by atoms with van der Waals surface area (Å²) in [5, 5.41) is 10.6. The second-order valence-electron chi connectivity index (χ2n) is 4.59. The van der Waals surface area contributed by atoms with Crippen molar-refractivity contribution in [1.29, 1.82) is 0 Å². The normalized spacial score (nSPS) is 10.4. The molecule has 0 heterocycles. The zero-order valence-electron chi connectivity index (χ0n) is 11.7. The second kappa shape index (κ2) is 8.28. The summed E-state index contributed by atoms with van der Waals surface area (Å²) in [7, 11) is 0. The lowest BCUT2D eigenvalue weighted by Gasteiger charge is -2.06. The van der Waals surface area contributed by atoms with Gasteiger partial charge in [0.1, 0.15) is 11.4 Å². The molecular formula is C14H17F2NO4. The fourth-order valence-electron chi connectivity index (χ4n) is 1.80. The SMILES string of the molecule is CCCCCCCOC(=O)c1cc(F)cc([N+](=O)[O-])c1F. The molecule has 21 heavy (non-hydrogen) atoms. The predicted molar refractivity (Wildman–Crippen MR) is 72.1 cm³/mol. The molecule has 0 aliphatic rings. The van der Waals surface area contributed by atoms with E-state index in [2.05, 4.69) is 6.92 Å². The minimum Gasteiger partial charge on any atom is -0.462 e. The van der Waals surface area contributed by atoms with Crippen LogP contribution in [-0.2, 0) is 4.74 Å². The van der Waals surface area contributed by atoms with E-state index < -0.39 is 33.8 Å². The molecule has 0 N–H and O–H groups in total. The number of nitrogens with zero attached hydrogens (tertiary/aromatic N) is 1. The van der Waals surface area contributed by atoms with Gasteiger partial charge in [0.2, 0.25) is 5.82 Å². The van der Waals surface area contributed by atoms with Crippen LogP contribution in [0, 0.1) is 21.7 Å². The lowest BCUT2D eigenvalue weighted by Crippen LogP contribution is -2.11. The van der Waals surface area contributed by atoms with Crippen molar-refractivity contribution in [2.75, 3.05) is 6.61 Å². The number of esters is 1. The largest absolute Gasteiger partial charge is 0.462 e. The summed E-state index contributed by atoms with van der Waals surface area (Å²) in [6, 6.07) is 1.03. The molecule has 116 valence electrons. The molecule has 0 unspecified atom stereocenters. The number of hydrogen-bond acceptors (Lipinski definition) is 4. The van der Waals surface area contributed by atoms with Crippen LogP contribution >= 0.6 is 0 Å². The summed E-state index contributed by atoms with van der Waals surface area (Å²) in [6.45, 7) is 2.14. The molecule has 7 heteroatoms. The zero-order valence-corrected chi connectivity index (χ0v) is 11.7. The summed E-state index contributed by atoms with van der Waals surface area (Å²) in [4.78, 5) is 21.1. The van der Waals surface area contributed by atoms with Crippen LogP contribution in [0.2, 0.25) is 0 Å². The van der Waals surface area contributed by atoms with Crippen molar-refractivity contribution >= 4 is 11.7 Å². The number of rotatable bonds is 8. The highest BCUT2D eigenvalue weighted by Crippen LogP contribution is 2.23. The van der Waals surface area contributed by atoms with Crippen molar-refractivity contribution in [3.63, 3.8) is 0 Å². The molecule has 0 fully saturated rings. The zero-order chi connectivity index (χ0) is 15.8. The van der Waals surface area contributed by atoms with E-state index in [1.54, 1.807) is 0 Å². The van der Waals surface area contributed by atoms with Crippen LogP contribution in [0.4, 0.5) is 14.5 Å². The smallest absolute Gasteiger partial charge is 0.341 e. The van der Waals surface area contributed by atoms with E-state index in [9.17, 15) is 23.7 Å². The average molecular weight is 301 g/mol. The van der Waals surface area contributed by atoms with Crippen molar-refractivity contribution in [1.82, 2.24) is 0 Å². The molecule has 0 saturated heterocycles. The highest BCUT2D eigenvalue weighted by atomic mass is 19.1. The van der Waals surface area contributed by atoms with E-state index in [1.807, 2.05) is 0 Å². The fourth-order valence-corrected chi connectivity index (χ4v) is 1.80. The van der Waals surface area contributed by atoms with Crippen molar-refractivity contribution in [2.24, 2.45) is 0 Å². The maximum atomic E-state index is 13.7. The monoisotopic (exact) mass is 301 g/mol. The topological polar surface area (TPSA) is 69.4 Å². The molecule has 0 saturated carbocycles. The molecule has 0 aliphatic carbocycles. The number of unbranched alkanes of at least 4 members (excludes halogenated alkanes) is 4. The quantitative estimate of drug-likeness (QED) is 0.315. The fraction of sp³-hybridized carbons (Fsp3) is 0.500. The van der Waals surface area contributed by atoms with Crippen molar-refractivity contribution in [3.8, 4) is 0 Å². The van der Waals surface area contributed by atoms with Crippen molar-refractivity contribution < 1.29 is 23.2 Å². The van der Waals surface area contributed by atoms with E-state index in [0.29, 0.717) is 18.6 Å². The molecule has 0 atom stereocenters. The Balaban J connectivity index is 2.64. The Labute approximate surface area is 121 Å². The van der Waals surface area contributed by atoms with Crippen LogP contribution < -0.4 is 0 Å². The molecule has 1 aromatic carbocycles. The lowest BCUT2D eigenvalue weighted by atomic mass is 10.1. The predicted octanol–water partition coefficient (Wildman–Crippen LogP) is 4.00. The van der Waals surface area contributed by atoms with E-state index in [1.165, 1.54) is 0 Å². The Hall–Kier alpha value is -2.05. The summed E-state index contributed by atoms with van der Waals surface area (Å²) >= 11 is 0. The van der Waals surface area contributed by atoms with E-state index >= 15 is 0 Å². The Morgan fingerprint density at radius 3 is 2.52 bits per heavy atom. The van der Waals surface area contributed by atoms with Gasteiger partial charge in [0.15, 0.2) is 0 Å². The number of nitro groups is 1. The third-order valence-electron chi connectivity index (χ3n) is 2.92. The van der Waals surface area contributed by atoms with Crippen LogP contribution in [0.25, 0.3) is 0 Å². The van der Waals surface area contributed by atoms with Gasteiger partial charge in [-0.25, -0.2) is 9.18 Å². The van der Waals surface area contributed by atoms with Crippen LogP contribution in [0.3, 0.4) is 0 Å². The Morgan fingerprint density at radius 1 is 1.24 bits per heavy atom. The van der Waals surface area contributed by atoms with E-state index in [-0.39, 0.29) is 6.61 Å². The molecule has 0 aliphatic heterocycles. The summed E-state index contributed by atoms with van der Waals surface area (Å²) in [5.74, 6) is -3.53. The van der Waals surface area contributed by atoms with Crippen LogP contribution in [-0.4, -0.2) is 17.5 Å². The van der Waals surface area contributed by atoms with E-state index in [0.717, 1.165) is 25.7 Å². The van der Waals surface area contributed by atoms with Gasteiger partial charge in [-0.05, 0) is 12.5 Å². The van der Waals surface area contributed by atoms with E-state index in [4.69, 9.17) is 4.74 Å². The number of hydrogen-bond donors (Lipinski definition) is 0. The summed E-state index contributed by atoms with van der Waals surface area (Å²) in [5.41, 5.74) is -1.83. The molecule has 5 nitrogen and oxygen atoms in total. The number of nitro benzene ring substituents is 1. The minimum absolute atomic E-state index is 0.0757. The highest BCUT2D eigenvalue weighted by molar-refractivity contribution is 5.90. The standard InChI is InChI=1S/C14H17F2NO4/c1-2-3-4-5-6-7-21-14(18)11-8-10(15)9-12(13(11)16)17(19)20/h8-9H,2-7H2,1H3. The summed E-state index contributed by atoms with van der Waals surface area (Å²) < 4.78 is 31.7. The van der Waals surface area contributed by atoms with Gasteiger partial charge >= 0.3 is 11.7 Å². The summed E-state index contributed by atoms with van der Waals surface area (Å²) in [6.07, 6.45) is 4.65. The van der Waals surface area contributed by atoms with Gasteiger partial charge in [0.05, 0.1) is 17.6 Å². The van der Waals surface area contributed by atoms with Crippen LogP contribution in [0.1, 0.15) is 49.4 Å². The number of benzene rings is 1. The molecule has 1 aromatic rings. The maximum Gasteiger partial charge on any atom is 0.341 e. The number of halogens is 2. The number of carbonyl (C=O) groups excluding carboxylic acids is 1.